The van der Waals surface area contributed by atoms with Crippen LogP contribution in [0, 0.1) is 0 Å². The summed E-state index contributed by atoms with van der Waals surface area (Å²) in [6, 6.07) is 9.86. The van der Waals surface area contributed by atoms with E-state index in [2.05, 4.69) is 45.9 Å². The lowest BCUT2D eigenvalue weighted by atomic mass is 10.2. The number of nitrogens with two attached hydrogens (primary N) is 1. The molecule has 112 valence electrons. The van der Waals surface area contributed by atoms with E-state index in [-0.39, 0.29) is 12.0 Å². The standard InChI is InChI=1S/C15H22N6/c1-4-21(5-2)11(3)13-18-14(16)20-15(19-13)17-12-9-7-6-8-10-12/h6-11H,4-5H2,1-3H3,(H3,16,17,18,19,20)/t11-/m1/s1. The molecule has 0 saturated carbocycles. The van der Waals surface area contributed by atoms with Crippen LogP contribution >= 0.6 is 0 Å². The van der Waals surface area contributed by atoms with Crippen LogP contribution in [0.1, 0.15) is 32.6 Å². The van der Waals surface area contributed by atoms with Crippen LogP contribution in [0.15, 0.2) is 30.3 Å². The van der Waals surface area contributed by atoms with E-state index in [0.29, 0.717) is 11.8 Å². The highest BCUT2D eigenvalue weighted by molar-refractivity contribution is 5.53. The normalized spacial score (nSPS) is 12.4. The molecule has 0 aliphatic rings. The maximum atomic E-state index is 5.81. The number of anilines is 3. The molecule has 0 spiro atoms. The zero-order valence-corrected chi connectivity index (χ0v) is 12.7. The number of nitrogen functional groups attached to an aromatic ring is 1. The number of nitrogens with one attached hydrogen (secondary N) is 1. The summed E-state index contributed by atoms with van der Waals surface area (Å²) in [6.45, 7) is 8.19. The zero-order chi connectivity index (χ0) is 15.2. The van der Waals surface area contributed by atoms with E-state index in [4.69, 9.17) is 5.73 Å². The summed E-state index contributed by atoms with van der Waals surface area (Å²) in [7, 11) is 0. The molecular formula is C15H22N6. The molecule has 1 aromatic carbocycles. The van der Waals surface area contributed by atoms with Crippen LogP contribution in [0.5, 0.6) is 0 Å². The number of nitrogens with zero attached hydrogens (tertiary/aromatic N) is 4. The molecule has 1 aromatic heterocycles. The van der Waals surface area contributed by atoms with Gasteiger partial charge < -0.3 is 11.1 Å². The Morgan fingerprint density at radius 1 is 1.10 bits per heavy atom. The third kappa shape index (κ3) is 3.88. The van der Waals surface area contributed by atoms with Crippen molar-refractivity contribution in [3.05, 3.63) is 36.2 Å². The van der Waals surface area contributed by atoms with Crippen LogP contribution in [0.25, 0.3) is 0 Å². The second kappa shape index (κ2) is 6.99. The van der Waals surface area contributed by atoms with Gasteiger partial charge in [0.05, 0.1) is 6.04 Å². The molecule has 3 N–H and O–H groups in total. The topological polar surface area (TPSA) is 80.0 Å². The van der Waals surface area contributed by atoms with Crippen molar-refractivity contribution in [1.82, 2.24) is 19.9 Å². The molecule has 0 unspecified atom stereocenters. The van der Waals surface area contributed by atoms with Gasteiger partial charge in [-0.25, -0.2) is 0 Å². The SMILES string of the molecule is CCN(CC)[C@H](C)c1nc(N)nc(Nc2ccccc2)n1. The fraction of sp³-hybridized carbons (Fsp3) is 0.400. The largest absolute Gasteiger partial charge is 0.368 e. The van der Waals surface area contributed by atoms with Gasteiger partial charge in [-0.15, -0.1) is 0 Å². The number of para-hydroxylation sites is 1. The molecule has 2 aromatic rings. The third-order valence-corrected chi connectivity index (χ3v) is 3.43. The van der Waals surface area contributed by atoms with E-state index in [1.165, 1.54) is 0 Å². The van der Waals surface area contributed by atoms with Crippen molar-refractivity contribution in [2.45, 2.75) is 26.8 Å². The number of benzene rings is 1. The second-order valence-electron chi connectivity index (χ2n) is 4.76. The fourth-order valence-corrected chi connectivity index (χ4v) is 2.24. The van der Waals surface area contributed by atoms with Gasteiger partial charge in [-0.05, 0) is 32.1 Å². The molecule has 0 radical (unpaired) electrons. The summed E-state index contributed by atoms with van der Waals surface area (Å²) in [6.07, 6.45) is 0. The van der Waals surface area contributed by atoms with Gasteiger partial charge in [0.2, 0.25) is 11.9 Å². The average Bonchev–Trinajstić information content (AvgIpc) is 2.49. The number of aromatic nitrogens is 3. The van der Waals surface area contributed by atoms with Crippen molar-refractivity contribution >= 4 is 17.6 Å². The molecular weight excluding hydrogens is 264 g/mol. The van der Waals surface area contributed by atoms with Gasteiger partial charge in [-0.3, -0.25) is 4.90 Å². The molecule has 0 fully saturated rings. The highest BCUT2D eigenvalue weighted by Crippen LogP contribution is 2.19. The summed E-state index contributed by atoms with van der Waals surface area (Å²) in [5.74, 6) is 1.39. The third-order valence-electron chi connectivity index (χ3n) is 3.43. The van der Waals surface area contributed by atoms with Crippen LogP contribution in [-0.2, 0) is 0 Å². The maximum Gasteiger partial charge on any atom is 0.232 e. The van der Waals surface area contributed by atoms with E-state index in [9.17, 15) is 0 Å². The first-order valence-electron chi connectivity index (χ1n) is 7.21. The molecule has 0 saturated heterocycles. The van der Waals surface area contributed by atoms with Gasteiger partial charge in [0, 0.05) is 5.69 Å². The lowest BCUT2D eigenvalue weighted by Crippen LogP contribution is -2.28. The Balaban J connectivity index is 2.25. The molecule has 0 amide bonds. The lowest BCUT2D eigenvalue weighted by molar-refractivity contribution is 0.226. The van der Waals surface area contributed by atoms with Crippen LogP contribution in [-0.4, -0.2) is 32.9 Å². The predicted octanol–water partition coefficient (Wildman–Crippen LogP) is 2.60. The molecule has 0 bridgehead atoms. The van der Waals surface area contributed by atoms with Crippen molar-refractivity contribution in [3.63, 3.8) is 0 Å². The number of hydrogen-bond donors (Lipinski definition) is 2. The van der Waals surface area contributed by atoms with Crippen LogP contribution in [0.4, 0.5) is 17.6 Å². The number of rotatable bonds is 6. The first-order valence-corrected chi connectivity index (χ1v) is 7.21. The molecule has 2 rings (SSSR count). The average molecular weight is 286 g/mol. The lowest BCUT2D eigenvalue weighted by Gasteiger charge is -2.25. The summed E-state index contributed by atoms with van der Waals surface area (Å²) in [5, 5.41) is 3.15. The van der Waals surface area contributed by atoms with Crippen LogP contribution in [0.3, 0.4) is 0 Å². The van der Waals surface area contributed by atoms with Crippen molar-refractivity contribution in [3.8, 4) is 0 Å². The Hall–Kier alpha value is -2.21. The van der Waals surface area contributed by atoms with Crippen molar-refractivity contribution in [2.24, 2.45) is 0 Å². The predicted molar refractivity (Wildman–Crippen MR) is 85.3 cm³/mol. The van der Waals surface area contributed by atoms with Crippen molar-refractivity contribution in [2.75, 3.05) is 24.1 Å². The quantitative estimate of drug-likeness (QED) is 0.849. The summed E-state index contributed by atoms with van der Waals surface area (Å²) in [4.78, 5) is 15.2. The van der Waals surface area contributed by atoms with Gasteiger partial charge >= 0.3 is 0 Å². The minimum Gasteiger partial charge on any atom is -0.368 e. The van der Waals surface area contributed by atoms with Gasteiger partial charge in [-0.1, -0.05) is 32.0 Å². The zero-order valence-electron chi connectivity index (χ0n) is 12.7. The van der Waals surface area contributed by atoms with Gasteiger partial charge in [0.15, 0.2) is 5.82 Å². The number of hydrogen-bond acceptors (Lipinski definition) is 6. The smallest absolute Gasteiger partial charge is 0.232 e. The van der Waals surface area contributed by atoms with E-state index >= 15 is 0 Å². The molecule has 1 atom stereocenters. The van der Waals surface area contributed by atoms with E-state index in [1.54, 1.807) is 0 Å². The minimum atomic E-state index is 0.0987. The Morgan fingerprint density at radius 2 is 1.76 bits per heavy atom. The van der Waals surface area contributed by atoms with E-state index in [0.717, 1.165) is 18.8 Å². The Kier molecular flexibility index (Phi) is 5.05. The second-order valence-corrected chi connectivity index (χ2v) is 4.76. The molecule has 6 nitrogen and oxygen atoms in total. The minimum absolute atomic E-state index is 0.0987. The maximum absolute atomic E-state index is 5.81. The highest BCUT2D eigenvalue weighted by atomic mass is 15.2. The van der Waals surface area contributed by atoms with Gasteiger partial charge in [0.25, 0.3) is 0 Å². The monoisotopic (exact) mass is 286 g/mol. The molecule has 21 heavy (non-hydrogen) atoms. The van der Waals surface area contributed by atoms with Gasteiger partial charge in [0.1, 0.15) is 0 Å². The van der Waals surface area contributed by atoms with Crippen LogP contribution in [0.2, 0.25) is 0 Å². The Bertz CT molecular complexity index is 568. The molecule has 1 heterocycles. The van der Waals surface area contributed by atoms with Gasteiger partial charge in [-0.2, -0.15) is 15.0 Å². The molecule has 0 aliphatic heterocycles. The molecule has 0 aliphatic carbocycles. The highest BCUT2D eigenvalue weighted by Gasteiger charge is 2.17. The van der Waals surface area contributed by atoms with E-state index in [1.807, 2.05) is 30.3 Å². The summed E-state index contributed by atoms with van der Waals surface area (Å²) >= 11 is 0. The Morgan fingerprint density at radius 3 is 2.38 bits per heavy atom. The van der Waals surface area contributed by atoms with Crippen molar-refractivity contribution < 1.29 is 0 Å². The molecule has 6 heteroatoms. The van der Waals surface area contributed by atoms with E-state index < -0.39 is 0 Å². The first-order chi connectivity index (χ1) is 10.1. The Labute approximate surface area is 125 Å². The first kappa shape index (κ1) is 15.2. The summed E-state index contributed by atoms with van der Waals surface area (Å²) < 4.78 is 0. The fourth-order valence-electron chi connectivity index (χ4n) is 2.24. The van der Waals surface area contributed by atoms with Crippen LogP contribution < -0.4 is 11.1 Å². The van der Waals surface area contributed by atoms with Crippen molar-refractivity contribution in [1.29, 1.82) is 0 Å². The summed E-state index contributed by atoms with van der Waals surface area (Å²) in [5.41, 5.74) is 6.73.